The molecule has 3 aromatic rings. The quantitative estimate of drug-likeness (QED) is 0.0968. The first-order valence-corrected chi connectivity index (χ1v) is 19.7. The molecule has 0 saturated heterocycles. The monoisotopic (exact) mass is 706 g/mol. The van der Waals surface area contributed by atoms with Crippen molar-refractivity contribution in [2.45, 2.75) is 97.0 Å². The summed E-state index contributed by atoms with van der Waals surface area (Å²) in [5, 5.41) is 0. The molecule has 0 heterocycles. The number of benzene rings is 3. The molecule has 2 aliphatic carbocycles. The van der Waals surface area contributed by atoms with Crippen LogP contribution in [0.2, 0.25) is 0 Å². The Kier molecular flexibility index (Phi) is 15.9. The molecule has 2 aliphatic rings. The molecule has 3 aromatic carbocycles. The molecule has 0 aromatic heterocycles. The molecule has 52 heavy (non-hydrogen) atoms. The van der Waals surface area contributed by atoms with Crippen LogP contribution >= 0.6 is 0 Å². The topological polar surface area (TPSA) is 71.1 Å². The largest absolute Gasteiger partial charge is 0.490 e. The number of allylic oxidation sites excluding steroid dienone is 2. The molecule has 6 heteroatoms. The van der Waals surface area contributed by atoms with Gasteiger partial charge in [-0.2, -0.15) is 0 Å². The normalized spacial score (nSPS) is 21.1. The third-order valence-electron chi connectivity index (χ3n) is 10.7. The van der Waals surface area contributed by atoms with E-state index in [1.807, 2.05) is 30.3 Å². The van der Waals surface area contributed by atoms with Crippen molar-refractivity contribution < 1.29 is 28.5 Å². The van der Waals surface area contributed by atoms with Gasteiger partial charge in [0, 0.05) is 0 Å². The lowest BCUT2D eigenvalue weighted by Crippen LogP contribution is -2.19. The number of esters is 2. The van der Waals surface area contributed by atoms with Crippen molar-refractivity contribution in [1.82, 2.24) is 0 Å². The molecule has 2 fully saturated rings. The predicted octanol–water partition coefficient (Wildman–Crippen LogP) is 11.5. The van der Waals surface area contributed by atoms with Gasteiger partial charge in [-0.1, -0.05) is 94.2 Å². The van der Waals surface area contributed by atoms with E-state index in [2.05, 4.69) is 38.2 Å². The minimum absolute atomic E-state index is 0.119. The fourth-order valence-corrected chi connectivity index (χ4v) is 7.61. The molecule has 0 N–H and O–H groups in total. The van der Waals surface area contributed by atoms with Crippen LogP contribution in [-0.4, -0.2) is 31.8 Å². The maximum atomic E-state index is 13.2. The summed E-state index contributed by atoms with van der Waals surface area (Å²) in [7, 11) is 0. The summed E-state index contributed by atoms with van der Waals surface area (Å²) in [6.07, 6.45) is 23.7. The number of rotatable bonds is 18. The molecule has 0 bridgehead atoms. The number of carbonyl (C=O) groups excluding carboxylic acids is 2. The predicted molar refractivity (Wildman–Crippen MR) is 208 cm³/mol. The maximum absolute atomic E-state index is 13.2. The number of hydrogen-bond donors (Lipinski definition) is 0. The molecule has 5 rings (SSSR count). The molecule has 2 saturated carbocycles. The molecule has 6 nitrogen and oxygen atoms in total. The first kappa shape index (κ1) is 38.9. The molecular weight excluding hydrogens is 648 g/mol. The van der Waals surface area contributed by atoms with E-state index in [-0.39, 0.29) is 6.61 Å². The van der Waals surface area contributed by atoms with Crippen molar-refractivity contribution in [3.8, 4) is 11.5 Å². The SMILES string of the molecule is CCCC1CCC(/C=C/COc2ccc(C(=O)OC[C@H](OC(=O)c3ccc(OC/C=C/C4CCC(CCC)CC4)cc3)c3ccccc3)cc2)CC1. The van der Waals surface area contributed by atoms with Crippen molar-refractivity contribution in [3.05, 3.63) is 120 Å². The van der Waals surface area contributed by atoms with E-state index < -0.39 is 18.0 Å². The zero-order valence-corrected chi connectivity index (χ0v) is 31.3. The first-order chi connectivity index (χ1) is 25.5. The molecule has 0 radical (unpaired) electrons. The zero-order chi connectivity index (χ0) is 36.4. The van der Waals surface area contributed by atoms with Crippen molar-refractivity contribution in [2.75, 3.05) is 19.8 Å². The van der Waals surface area contributed by atoms with Gasteiger partial charge in [0.05, 0.1) is 11.1 Å². The Morgan fingerprint density at radius 3 is 1.54 bits per heavy atom. The highest BCUT2D eigenvalue weighted by atomic mass is 16.6. The average Bonchev–Trinajstić information content (AvgIpc) is 3.19. The van der Waals surface area contributed by atoms with Crippen molar-refractivity contribution in [1.29, 1.82) is 0 Å². The molecule has 0 aliphatic heterocycles. The van der Waals surface area contributed by atoms with Crippen LogP contribution in [0.25, 0.3) is 0 Å². The second kappa shape index (κ2) is 21.3. The van der Waals surface area contributed by atoms with Crippen LogP contribution < -0.4 is 9.47 Å². The third kappa shape index (κ3) is 12.7. The van der Waals surface area contributed by atoms with Gasteiger partial charge in [0.15, 0.2) is 6.10 Å². The van der Waals surface area contributed by atoms with Gasteiger partial charge in [-0.25, -0.2) is 9.59 Å². The summed E-state index contributed by atoms with van der Waals surface area (Å²) >= 11 is 0. The van der Waals surface area contributed by atoms with E-state index in [0.717, 1.165) is 17.4 Å². The summed E-state index contributed by atoms with van der Waals surface area (Å²) < 4.78 is 23.3. The van der Waals surface area contributed by atoms with Gasteiger partial charge in [-0.3, -0.25) is 0 Å². The maximum Gasteiger partial charge on any atom is 0.338 e. The molecule has 0 amide bonds. The van der Waals surface area contributed by atoms with Gasteiger partial charge in [-0.15, -0.1) is 0 Å². The molecule has 278 valence electrons. The lowest BCUT2D eigenvalue weighted by atomic mass is 9.80. The van der Waals surface area contributed by atoms with Gasteiger partial charge in [0.2, 0.25) is 0 Å². The van der Waals surface area contributed by atoms with E-state index in [1.54, 1.807) is 48.5 Å². The minimum atomic E-state index is -0.771. The van der Waals surface area contributed by atoms with Crippen LogP contribution in [-0.2, 0) is 9.47 Å². The first-order valence-electron chi connectivity index (χ1n) is 19.7. The van der Waals surface area contributed by atoms with Gasteiger partial charge in [-0.05, 0) is 129 Å². The minimum Gasteiger partial charge on any atom is -0.490 e. The summed E-state index contributed by atoms with van der Waals surface area (Å²) in [6, 6.07) is 23.2. The van der Waals surface area contributed by atoms with Crippen LogP contribution in [0, 0.1) is 23.7 Å². The van der Waals surface area contributed by atoms with Crippen molar-refractivity contribution >= 4 is 11.9 Å². The highest BCUT2D eigenvalue weighted by Crippen LogP contribution is 2.33. The van der Waals surface area contributed by atoms with Gasteiger partial charge >= 0.3 is 11.9 Å². The fraction of sp³-hybridized carbons (Fsp3) is 0.478. The number of ether oxygens (including phenoxy) is 4. The standard InChI is InChI=1S/C46H58O6/c1-3-10-35-16-20-37(21-17-35)12-8-32-49-42-28-24-40(25-29-42)45(47)51-34-44(39-14-6-5-7-15-39)52-46(48)41-26-30-43(31-27-41)50-33-9-13-38-22-18-36(11-4-2)19-23-38/h5-9,12-15,24-31,35-38,44H,3-4,10-11,16-23,32-34H2,1-2H3/b12-8+,13-9+/t35?,36?,37?,38?,44-/m0/s1. The van der Waals surface area contributed by atoms with E-state index in [1.165, 1.54) is 77.0 Å². The van der Waals surface area contributed by atoms with Gasteiger partial charge in [0.1, 0.15) is 31.3 Å². The Morgan fingerprint density at radius 1 is 0.615 bits per heavy atom. The molecular formula is C46H58O6. The van der Waals surface area contributed by atoms with E-state index >= 15 is 0 Å². The molecule has 1 atom stereocenters. The summed E-state index contributed by atoms with van der Waals surface area (Å²) in [4.78, 5) is 26.2. The lowest BCUT2D eigenvalue weighted by Gasteiger charge is -2.26. The Hall–Kier alpha value is -4.32. The van der Waals surface area contributed by atoms with Gasteiger partial charge < -0.3 is 18.9 Å². The van der Waals surface area contributed by atoms with E-state index in [9.17, 15) is 9.59 Å². The summed E-state index contributed by atoms with van der Waals surface area (Å²) in [6.45, 7) is 5.42. The zero-order valence-electron chi connectivity index (χ0n) is 31.3. The number of carbonyl (C=O) groups is 2. The average molecular weight is 707 g/mol. The van der Waals surface area contributed by atoms with Crippen LogP contribution in [0.3, 0.4) is 0 Å². The Labute approximate surface area is 311 Å². The summed E-state index contributed by atoms with van der Waals surface area (Å²) in [5.74, 6) is 3.48. The fourth-order valence-electron chi connectivity index (χ4n) is 7.61. The second-order valence-electron chi connectivity index (χ2n) is 14.6. The second-order valence-corrected chi connectivity index (χ2v) is 14.6. The third-order valence-corrected chi connectivity index (χ3v) is 10.7. The molecule has 0 unspecified atom stereocenters. The lowest BCUT2D eigenvalue weighted by molar-refractivity contribution is -0.00134. The number of hydrogen-bond acceptors (Lipinski definition) is 6. The van der Waals surface area contributed by atoms with Crippen molar-refractivity contribution in [2.24, 2.45) is 23.7 Å². The van der Waals surface area contributed by atoms with Crippen LogP contribution in [0.1, 0.15) is 123 Å². The Bertz CT molecular complexity index is 1530. The highest BCUT2D eigenvalue weighted by molar-refractivity contribution is 5.90. The summed E-state index contributed by atoms with van der Waals surface area (Å²) in [5.41, 5.74) is 1.53. The van der Waals surface area contributed by atoms with Crippen LogP contribution in [0.5, 0.6) is 11.5 Å². The molecule has 0 spiro atoms. The smallest absolute Gasteiger partial charge is 0.338 e. The van der Waals surface area contributed by atoms with E-state index in [4.69, 9.17) is 18.9 Å². The highest BCUT2D eigenvalue weighted by Gasteiger charge is 2.22. The van der Waals surface area contributed by atoms with Crippen LogP contribution in [0.4, 0.5) is 0 Å². The Balaban J connectivity index is 1.06. The van der Waals surface area contributed by atoms with Gasteiger partial charge in [0.25, 0.3) is 0 Å². The van der Waals surface area contributed by atoms with E-state index in [0.29, 0.717) is 47.7 Å². The van der Waals surface area contributed by atoms with Crippen molar-refractivity contribution in [3.63, 3.8) is 0 Å². The van der Waals surface area contributed by atoms with Crippen LogP contribution in [0.15, 0.2) is 103 Å². The Morgan fingerprint density at radius 2 is 1.08 bits per heavy atom.